The van der Waals surface area contributed by atoms with Crippen molar-refractivity contribution in [1.29, 1.82) is 0 Å². The smallest absolute Gasteiger partial charge is 0.257 e. The maximum atomic E-state index is 13.0. The van der Waals surface area contributed by atoms with E-state index in [-0.39, 0.29) is 23.3 Å². The van der Waals surface area contributed by atoms with E-state index in [1.807, 2.05) is 13.0 Å². The number of nitrogens with zero attached hydrogens (tertiary/aromatic N) is 1. The SMILES string of the molecule is C[C@H](NC(=O)c1ccc2c(c1)[nH]c(=O)c1cnccc12)c1ccc(F)cc1. The summed E-state index contributed by atoms with van der Waals surface area (Å²) < 4.78 is 13.0. The van der Waals surface area contributed by atoms with Gasteiger partial charge in [0.1, 0.15) is 5.82 Å². The third-order valence-corrected chi connectivity index (χ3v) is 4.60. The minimum Gasteiger partial charge on any atom is -0.346 e. The van der Waals surface area contributed by atoms with Crippen LogP contribution >= 0.6 is 0 Å². The molecule has 0 bridgehead atoms. The molecule has 4 aromatic rings. The fourth-order valence-electron chi connectivity index (χ4n) is 3.14. The first kappa shape index (κ1) is 16.9. The molecular formula is C21H16FN3O2. The molecule has 5 nitrogen and oxygen atoms in total. The highest BCUT2D eigenvalue weighted by Gasteiger charge is 2.13. The molecule has 0 aliphatic heterocycles. The first-order valence-corrected chi connectivity index (χ1v) is 8.49. The Labute approximate surface area is 153 Å². The van der Waals surface area contributed by atoms with Gasteiger partial charge in [-0.2, -0.15) is 0 Å². The molecular weight excluding hydrogens is 345 g/mol. The zero-order valence-electron chi connectivity index (χ0n) is 14.5. The van der Waals surface area contributed by atoms with E-state index in [9.17, 15) is 14.0 Å². The van der Waals surface area contributed by atoms with Crippen LogP contribution in [0.1, 0.15) is 28.9 Å². The van der Waals surface area contributed by atoms with E-state index in [2.05, 4.69) is 15.3 Å². The summed E-state index contributed by atoms with van der Waals surface area (Å²) in [5.41, 5.74) is 1.57. The van der Waals surface area contributed by atoms with Crippen LogP contribution in [0.15, 0.2) is 65.7 Å². The molecule has 2 aromatic heterocycles. The summed E-state index contributed by atoms with van der Waals surface area (Å²) in [5.74, 6) is -0.595. The summed E-state index contributed by atoms with van der Waals surface area (Å²) in [5, 5.41) is 5.02. The third-order valence-electron chi connectivity index (χ3n) is 4.60. The van der Waals surface area contributed by atoms with Crippen LogP contribution in [0.25, 0.3) is 21.7 Å². The third kappa shape index (κ3) is 3.17. The van der Waals surface area contributed by atoms with Crippen molar-refractivity contribution < 1.29 is 9.18 Å². The lowest BCUT2D eigenvalue weighted by atomic mass is 10.0. The molecule has 0 spiro atoms. The van der Waals surface area contributed by atoms with Gasteiger partial charge in [-0.05, 0) is 48.2 Å². The number of H-pyrrole nitrogens is 1. The van der Waals surface area contributed by atoms with E-state index in [0.29, 0.717) is 16.5 Å². The topological polar surface area (TPSA) is 74.8 Å². The first-order chi connectivity index (χ1) is 13.0. The van der Waals surface area contributed by atoms with Crippen LogP contribution in [0.2, 0.25) is 0 Å². The number of nitrogens with one attached hydrogen (secondary N) is 2. The molecule has 2 N–H and O–H groups in total. The Morgan fingerprint density at radius 1 is 1.07 bits per heavy atom. The van der Waals surface area contributed by atoms with E-state index in [4.69, 9.17) is 0 Å². The summed E-state index contributed by atoms with van der Waals surface area (Å²) in [6, 6.07) is 12.7. The standard InChI is InChI=1S/C21H16FN3O2/c1-12(13-2-5-15(22)6-3-13)24-20(26)14-4-7-17-16-8-9-23-11-18(16)21(27)25-19(17)10-14/h2-12H,1H3,(H,24,26)(H,25,27)/t12-/m0/s1. The molecule has 0 saturated carbocycles. The van der Waals surface area contributed by atoms with Crippen molar-refractivity contribution in [3.8, 4) is 0 Å². The Morgan fingerprint density at radius 3 is 2.63 bits per heavy atom. The molecule has 27 heavy (non-hydrogen) atoms. The normalized spacial score (nSPS) is 12.2. The predicted octanol–water partition coefficient (Wildman–Crippen LogP) is 3.71. The number of amides is 1. The van der Waals surface area contributed by atoms with Crippen molar-refractivity contribution >= 4 is 27.6 Å². The number of rotatable bonds is 3. The van der Waals surface area contributed by atoms with Crippen LogP contribution in [0, 0.1) is 5.82 Å². The largest absolute Gasteiger partial charge is 0.346 e. The van der Waals surface area contributed by atoms with Crippen LogP contribution in [-0.4, -0.2) is 15.9 Å². The summed E-state index contributed by atoms with van der Waals surface area (Å²) in [4.78, 5) is 31.6. The van der Waals surface area contributed by atoms with Crippen molar-refractivity contribution in [3.63, 3.8) is 0 Å². The van der Waals surface area contributed by atoms with Gasteiger partial charge in [0.15, 0.2) is 0 Å². The van der Waals surface area contributed by atoms with Crippen molar-refractivity contribution in [1.82, 2.24) is 15.3 Å². The number of hydrogen-bond acceptors (Lipinski definition) is 3. The minimum absolute atomic E-state index is 0.247. The van der Waals surface area contributed by atoms with Crippen LogP contribution in [0.5, 0.6) is 0 Å². The number of aromatic nitrogens is 2. The number of aromatic amines is 1. The van der Waals surface area contributed by atoms with Crippen molar-refractivity contribution in [2.75, 3.05) is 0 Å². The van der Waals surface area contributed by atoms with Crippen molar-refractivity contribution in [2.45, 2.75) is 13.0 Å². The summed E-state index contributed by atoms with van der Waals surface area (Å²) in [6.07, 6.45) is 3.16. The van der Waals surface area contributed by atoms with Crippen LogP contribution in [-0.2, 0) is 0 Å². The van der Waals surface area contributed by atoms with E-state index < -0.39 is 0 Å². The average molecular weight is 361 g/mol. The fraction of sp³-hybridized carbons (Fsp3) is 0.0952. The Balaban J connectivity index is 1.67. The molecule has 134 valence electrons. The molecule has 4 rings (SSSR count). The second-order valence-corrected chi connectivity index (χ2v) is 6.38. The monoisotopic (exact) mass is 361 g/mol. The fourth-order valence-corrected chi connectivity index (χ4v) is 3.14. The lowest BCUT2D eigenvalue weighted by Crippen LogP contribution is -2.26. The van der Waals surface area contributed by atoms with Gasteiger partial charge in [-0.3, -0.25) is 14.6 Å². The number of halogens is 1. The molecule has 2 aromatic carbocycles. The highest BCUT2D eigenvalue weighted by atomic mass is 19.1. The number of hydrogen-bond donors (Lipinski definition) is 2. The first-order valence-electron chi connectivity index (χ1n) is 8.49. The minimum atomic E-state index is -0.321. The molecule has 0 aliphatic rings. The van der Waals surface area contributed by atoms with Gasteiger partial charge in [0.05, 0.1) is 11.4 Å². The molecule has 2 heterocycles. The molecule has 0 radical (unpaired) electrons. The van der Waals surface area contributed by atoms with Crippen LogP contribution in [0.3, 0.4) is 0 Å². The zero-order chi connectivity index (χ0) is 19.0. The number of fused-ring (bicyclic) bond motifs is 3. The van der Waals surface area contributed by atoms with Gasteiger partial charge in [0, 0.05) is 28.9 Å². The molecule has 0 saturated heterocycles. The molecule has 1 atom stereocenters. The molecule has 1 amide bonds. The summed E-state index contributed by atoms with van der Waals surface area (Å²) >= 11 is 0. The van der Waals surface area contributed by atoms with Crippen molar-refractivity contribution in [3.05, 3.63) is 88.2 Å². The Morgan fingerprint density at radius 2 is 1.85 bits per heavy atom. The number of benzene rings is 2. The van der Waals surface area contributed by atoms with Crippen LogP contribution in [0.4, 0.5) is 4.39 Å². The predicted molar refractivity (Wildman–Crippen MR) is 102 cm³/mol. The van der Waals surface area contributed by atoms with Gasteiger partial charge in [0.2, 0.25) is 0 Å². The van der Waals surface area contributed by atoms with E-state index in [1.165, 1.54) is 18.3 Å². The number of carbonyl (C=O) groups is 1. The van der Waals surface area contributed by atoms with Gasteiger partial charge in [-0.15, -0.1) is 0 Å². The Bertz CT molecular complexity index is 1220. The number of carbonyl (C=O) groups excluding carboxylic acids is 1. The lowest BCUT2D eigenvalue weighted by Gasteiger charge is -2.15. The number of pyridine rings is 2. The van der Waals surface area contributed by atoms with Gasteiger partial charge in [-0.1, -0.05) is 18.2 Å². The molecule has 0 aliphatic carbocycles. The molecule has 0 unspecified atom stereocenters. The maximum absolute atomic E-state index is 13.0. The quantitative estimate of drug-likeness (QED) is 0.546. The molecule has 6 heteroatoms. The van der Waals surface area contributed by atoms with Gasteiger partial charge in [-0.25, -0.2) is 4.39 Å². The Hall–Kier alpha value is -3.54. The van der Waals surface area contributed by atoms with E-state index >= 15 is 0 Å². The van der Waals surface area contributed by atoms with Gasteiger partial charge < -0.3 is 10.3 Å². The van der Waals surface area contributed by atoms with Crippen molar-refractivity contribution in [2.24, 2.45) is 0 Å². The maximum Gasteiger partial charge on any atom is 0.257 e. The van der Waals surface area contributed by atoms with E-state index in [1.54, 1.807) is 36.5 Å². The second kappa shape index (κ2) is 6.64. The van der Waals surface area contributed by atoms with E-state index in [0.717, 1.165) is 16.3 Å². The lowest BCUT2D eigenvalue weighted by molar-refractivity contribution is 0.0940. The van der Waals surface area contributed by atoms with Gasteiger partial charge in [0.25, 0.3) is 11.5 Å². The molecule has 0 fully saturated rings. The highest BCUT2D eigenvalue weighted by molar-refractivity contribution is 6.07. The second-order valence-electron chi connectivity index (χ2n) is 6.38. The summed E-state index contributed by atoms with van der Waals surface area (Å²) in [7, 11) is 0. The zero-order valence-corrected chi connectivity index (χ0v) is 14.5. The van der Waals surface area contributed by atoms with Crippen LogP contribution < -0.4 is 10.9 Å². The average Bonchev–Trinajstić information content (AvgIpc) is 2.68. The van der Waals surface area contributed by atoms with Gasteiger partial charge >= 0.3 is 0 Å². The summed E-state index contributed by atoms with van der Waals surface area (Å²) in [6.45, 7) is 1.83. The highest BCUT2D eigenvalue weighted by Crippen LogP contribution is 2.22. The Kier molecular flexibility index (Phi) is 4.16.